The van der Waals surface area contributed by atoms with Gasteiger partial charge in [-0.3, -0.25) is 4.79 Å². The molecule has 2 aromatic carbocycles. The van der Waals surface area contributed by atoms with Gasteiger partial charge in [-0.2, -0.15) is 0 Å². The molecule has 5 nitrogen and oxygen atoms in total. The molecule has 0 aliphatic heterocycles. The van der Waals surface area contributed by atoms with Crippen molar-refractivity contribution in [3.8, 4) is 5.75 Å². The Morgan fingerprint density at radius 1 is 1.04 bits per heavy atom. The van der Waals surface area contributed by atoms with Gasteiger partial charge in [0.2, 0.25) is 5.91 Å². The van der Waals surface area contributed by atoms with Crippen LogP contribution < -0.4 is 10.1 Å². The number of hydrogen-bond acceptors (Lipinski definition) is 4. The van der Waals surface area contributed by atoms with Crippen molar-refractivity contribution >= 4 is 17.6 Å². The standard InChI is InChI=1S/C18H19NO4/c1-13-7-9-14(10-8-13)23-12-11-17(20)19-16-6-4-3-5-15(16)18(21)22-2/h3-10H,11-12H2,1-2H3,(H,19,20). The molecule has 1 amide bonds. The van der Waals surface area contributed by atoms with Crippen LogP contribution in [0, 0.1) is 6.92 Å². The largest absolute Gasteiger partial charge is 0.493 e. The number of aryl methyl sites for hydroxylation is 1. The van der Waals surface area contributed by atoms with Crippen LogP contribution in [0.4, 0.5) is 5.69 Å². The van der Waals surface area contributed by atoms with Crippen LogP contribution in [-0.4, -0.2) is 25.6 Å². The fourth-order valence-corrected chi connectivity index (χ4v) is 1.99. The number of amides is 1. The molecular weight excluding hydrogens is 294 g/mol. The highest BCUT2D eigenvalue weighted by molar-refractivity contribution is 6.01. The van der Waals surface area contributed by atoms with Gasteiger partial charge in [0.05, 0.1) is 31.4 Å². The molecule has 0 atom stereocenters. The molecule has 0 aromatic heterocycles. The van der Waals surface area contributed by atoms with Crippen molar-refractivity contribution in [1.82, 2.24) is 0 Å². The molecule has 0 aliphatic rings. The van der Waals surface area contributed by atoms with Crippen LogP contribution in [-0.2, 0) is 9.53 Å². The Bertz CT molecular complexity index is 680. The summed E-state index contributed by atoms with van der Waals surface area (Å²) in [5.41, 5.74) is 1.90. The number of anilines is 1. The third kappa shape index (κ3) is 4.85. The van der Waals surface area contributed by atoms with Crippen LogP contribution >= 0.6 is 0 Å². The van der Waals surface area contributed by atoms with E-state index in [0.717, 1.165) is 11.3 Å². The Kier molecular flexibility index (Phi) is 5.74. The van der Waals surface area contributed by atoms with Crippen molar-refractivity contribution in [3.05, 3.63) is 59.7 Å². The first-order valence-electron chi connectivity index (χ1n) is 7.27. The first kappa shape index (κ1) is 16.5. The van der Waals surface area contributed by atoms with Crippen LogP contribution in [0.15, 0.2) is 48.5 Å². The van der Waals surface area contributed by atoms with Gasteiger partial charge in [0.15, 0.2) is 0 Å². The van der Waals surface area contributed by atoms with Gasteiger partial charge >= 0.3 is 5.97 Å². The van der Waals surface area contributed by atoms with E-state index in [9.17, 15) is 9.59 Å². The van der Waals surface area contributed by atoms with E-state index < -0.39 is 5.97 Å². The zero-order valence-corrected chi connectivity index (χ0v) is 13.2. The minimum Gasteiger partial charge on any atom is -0.493 e. The number of esters is 1. The molecule has 0 radical (unpaired) electrons. The van der Waals surface area contributed by atoms with E-state index in [1.807, 2.05) is 31.2 Å². The first-order valence-corrected chi connectivity index (χ1v) is 7.27. The highest BCUT2D eigenvalue weighted by Gasteiger charge is 2.13. The number of nitrogens with one attached hydrogen (secondary N) is 1. The second kappa shape index (κ2) is 7.98. The monoisotopic (exact) mass is 313 g/mol. The van der Waals surface area contributed by atoms with Crippen molar-refractivity contribution < 1.29 is 19.1 Å². The van der Waals surface area contributed by atoms with Gasteiger partial charge in [-0.05, 0) is 31.2 Å². The minimum absolute atomic E-state index is 0.184. The average Bonchev–Trinajstić information content (AvgIpc) is 2.56. The van der Waals surface area contributed by atoms with Gasteiger partial charge in [0.25, 0.3) is 0 Å². The maximum atomic E-state index is 12.0. The fraction of sp³-hybridized carbons (Fsp3) is 0.222. The summed E-state index contributed by atoms with van der Waals surface area (Å²) in [5, 5.41) is 2.70. The minimum atomic E-state index is -0.489. The fourth-order valence-electron chi connectivity index (χ4n) is 1.99. The summed E-state index contributed by atoms with van der Waals surface area (Å²) in [7, 11) is 1.30. The summed E-state index contributed by atoms with van der Waals surface area (Å²) >= 11 is 0. The molecule has 23 heavy (non-hydrogen) atoms. The van der Waals surface area contributed by atoms with Gasteiger partial charge in [-0.15, -0.1) is 0 Å². The summed E-state index contributed by atoms with van der Waals surface area (Å²) < 4.78 is 10.2. The van der Waals surface area contributed by atoms with E-state index in [1.54, 1.807) is 24.3 Å². The first-order chi connectivity index (χ1) is 11.1. The van der Waals surface area contributed by atoms with E-state index in [0.29, 0.717) is 11.3 Å². The Labute approximate surface area is 135 Å². The van der Waals surface area contributed by atoms with Gasteiger partial charge in [0, 0.05) is 0 Å². The number of hydrogen-bond donors (Lipinski definition) is 1. The number of ether oxygens (including phenoxy) is 2. The highest BCUT2D eigenvalue weighted by Crippen LogP contribution is 2.16. The summed E-state index contributed by atoms with van der Waals surface area (Å²) in [6, 6.07) is 14.3. The van der Waals surface area contributed by atoms with Crippen molar-refractivity contribution in [2.75, 3.05) is 19.0 Å². The molecule has 0 unspecified atom stereocenters. The second-order valence-electron chi connectivity index (χ2n) is 5.00. The number of carbonyl (C=O) groups excluding carboxylic acids is 2. The average molecular weight is 313 g/mol. The van der Waals surface area contributed by atoms with Crippen LogP contribution in [0.5, 0.6) is 5.75 Å². The molecule has 0 heterocycles. The molecule has 0 saturated carbocycles. The van der Waals surface area contributed by atoms with Crippen LogP contribution in [0.3, 0.4) is 0 Å². The quantitative estimate of drug-likeness (QED) is 0.832. The number of carbonyl (C=O) groups is 2. The molecule has 2 aromatic rings. The molecule has 120 valence electrons. The number of para-hydroxylation sites is 1. The van der Waals surface area contributed by atoms with E-state index >= 15 is 0 Å². The highest BCUT2D eigenvalue weighted by atomic mass is 16.5. The maximum absolute atomic E-state index is 12.0. The Balaban J connectivity index is 1.88. The smallest absolute Gasteiger partial charge is 0.339 e. The van der Waals surface area contributed by atoms with Crippen molar-refractivity contribution in [1.29, 1.82) is 0 Å². The van der Waals surface area contributed by atoms with E-state index in [1.165, 1.54) is 7.11 Å². The third-order valence-electron chi connectivity index (χ3n) is 3.23. The number of rotatable bonds is 6. The van der Waals surface area contributed by atoms with Crippen LogP contribution in [0.2, 0.25) is 0 Å². The zero-order valence-electron chi connectivity index (χ0n) is 13.2. The molecule has 2 rings (SSSR count). The van der Waals surface area contributed by atoms with Crippen molar-refractivity contribution in [3.63, 3.8) is 0 Å². The third-order valence-corrected chi connectivity index (χ3v) is 3.23. The van der Waals surface area contributed by atoms with Gasteiger partial charge < -0.3 is 14.8 Å². The summed E-state index contributed by atoms with van der Waals surface area (Å²) in [6.07, 6.45) is 0.184. The topological polar surface area (TPSA) is 64.6 Å². The van der Waals surface area contributed by atoms with Crippen molar-refractivity contribution in [2.45, 2.75) is 13.3 Å². The zero-order chi connectivity index (χ0) is 16.7. The lowest BCUT2D eigenvalue weighted by Gasteiger charge is -2.10. The maximum Gasteiger partial charge on any atom is 0.339 e. The predicted molar refractivity (Wildman–Crippen MR) is 87.7 cm³/mol. The van der Waals surface area contributed by atoms with Crippen LogP contribution in [0.1, 0.15) is 22.3 Å². The summed E-state index contributed by atoms with van der Waals surface area (Å²) in [5.74, 6) is 0.00336. The molecule has 0 bridgehead atoms. The Hall–Kier alpha value is -2.82. The molecule has 0 saturated heterocycles. The number of benzene rings is 2. The lowest BCUT2D eigenvalue weighted by molar-refractivity contribution is -0.116. The molecule has 1 N–H and O–H groups in total. The Morgan fingerprint density at radius 3 is 2.43 bits per heavy atom. The lowest BCUT2D eigenvalue weighted by Crippen LogP contribution is -2.17. The molecule has 0 aliphatic carbocycles. The van der Waals surface area contributed by atoms with E-state index in [2.05, 4.69) is 5.32 Å². The lowest BCUT2D eigenvalue weighted by atomic mass is 10.1. The Morgan fingerprint density at radius 2 is 1.74 bits per heavy atom. The predicted octanol–water partition coefficient (Wildman–Crippen LogP) is 3.19. The van der Waals surface area contributed by atoms with Gasteiger partial charge in [-0.25, -0.2) is 4.79 Å². The van der Waals surface area contributed by atoms with E-state index in [4.69, 9.17) is 9.47 Å². The second-order valence-corrected chi connectivity index (χ2v) is 5.00. The summed E-state index contributed by atoms with van der Waals surface area (Å²) in [6.45, 7) is 2.26. The molecule has 5 heteroatoms. The van der Waals surface area contributed by atoms with Crippen molar-refractivity contribution in [2.24, 2.45) is 0 Å². The summed E-state index contributed by atoms with van der Waals surface area (Å²) in [4.78, 5) is 23.6. The van der Waals surface area contributed by atoms with Gasteiger partial charge in [0.1, 0.15) is 5.75 Å². The SMILES string of the molecule is COC(=O)c1ccccc1NC(=O)CCOc1ccc(C)cc1. The molecular formula is C18H19NO4. The van der Waals surface area contributed by atoms with Crippen LogP contribution in [0.25, 0.3) is 0 Å². The van der Waals surface area contributed by atoms with E-state index in [-0.39, 0.29) is 18.9 Å². The normalized spacial score (nSPS) is 10.0. The number of methoxy groups -OCH3 is 1. The molecule has 0 fully saturated rings. The van der Waals surface area contributed by atoms with Gasteiger partial charge in [-0.1, -0.05) is 29.8 Å². The molecule has 0 spiro atoms.